The normalized spacial score (nSPS) is 18.6. The number of allylic oxidation sites excluding steroid dienone is 7. The number of esters is 1. The van der Waals surface area contributed by atoms with Crippen molar-refractivity contribution in [3.8, 4) is 0 Å². The lowest BCUT2D eigenvalue weighted by atomic mass is 9.99. The fraction of sp³-hybridized carbons (Fsp3) is 0.855. The van der Waals surface area contributed by atoms with Gasteiger partial charge in [-0.1, -0.05) is 262 Å². The summed E-state index contributed by atoms with van der Waals surface area (Å²) in [6.45, 7) is 4.33. The number of unbranched alkanes of at least 4 members (excludes halogenated alkanes) is 39. The highest BCUT2D eigenvalue weighted by Gasteiger charge is 2.44. The number of nitrogens with one attached hydrogen (secondary N) is 1. The van der Waals surface area contributed by atoms with Gasteiger partial charge in [-0.2, -0.15) is 0 Å². The Kier molecular flexibility index (Phi) is 55.2. The first kappa shape index (κ1) is 75.6. The first-order valence-corrected chi connectivity index (χ1v) is 33.9. The number of carbonyl (C=O) groups is 2. The molecule has 0 radical (unpaired) electrons. The molecule has 0 aromatic rings. The molecule has 1 aliphatic rings. The Morgan fingerprint density at radius 3 is 1.30 bits per heavy atom. The summed E-state index contributed by atoms with van der Waals surface area (Å²) in [4.78, 5) is 25.1. The number of aliphatic hydroxyl groups is 5. The Bertz CT molecular complexity index is 1470. The summed E-state index contributed by atoms with van der Waals surface area (Å²) in [5.41, 5.74) is 0. The van der Waals surface area contributed by atoms with Gasteiger partial charge in [-0.3, -0.25) is 9.59 Å². The number of aliphatic hydroxyl groups excluding tert-OH is 5. The van der Waals surface area contributed by atoms with Crippen LogP contribution in [0.3, 0.4) is 0 Å². The Morgan fingerprint density at radius 2 is 0.838 bits per heavy atom. The van der Waals surface area contributed by atoms with Crippen molar-refractivity contribution in [3.63, 3.8) is 0 Å². The van der Waals surface area contributed by atoms with Crippen molar-refractivity contribution in [1.82, 2.24) is 5.32 Å². The zero-order valence-electron chi connectivity index (χ0n) is 51.8. The summed E-state index contributed by atoms with van der Waals surface area (Å²) in [6, 6.07) is -0.813. The highest BCUT2D eigenvalue weighted by atomic mass is 16.7. The Morgan fingerprint density at radius 1 is 0.463 bits per heavy atom. The minimum Gasteiger partial charge on any atom is -0.466 e. The van der Waals surface area contributed by atoms with Crippen LogP contribution in [-0.4, -0.2) is 100 Å². The van der Waals surface area contributed by atoms with Crippen LogP contribution >= 0.6 is 0 Å². The van der Waals surface area contributed by atoms with Gasteiger partial charge >= 0.3 is 5.97 Å². The van der Waals surface area contributed by atoms with Crippen molar-refractivity contribution >= 4 is 11.9 Å². The topological polar surface area (TPSA) is 175 Å². The molecule has 7 atom stereocenters. The fourth-order valence-corrected chi connectivity index (χ4v) is 10.5. The molecule has 1 saturated heterocycles. The molecule has 6 N–H and O–H groups in total. The van der Waals surface area contributed by atoms with E-state index in [0.29, 0.717) is 19.4 Å². The third kappa shape index (κ3) is 47.0. The molecule has 11 nitrogen and oxygen atoms in total. The molecule has 1 fully saturated rings. The van der Waals surface area contributed by atoms with Crippen LogP contribution in [-0.2, 0) is 23.8 Å². The number of rotatable bonds is 59. The van der Waals surface area contributed by atoms with Crippen LogP contribution in [0.5, 0.6) is 0 Å². The fourth-order valence-electron chi connectivity index (χ4n) is 10.5. The average Bonchev–Trinajstić information content (AvgIpc) is 3.46. The van der Waals surface area contributed by atoms with Gasteiger partial charge in [0.25, 0.3) is 0 Å². The summed E-state index contributed by atoms with van der Waals surface area (Å²) < 4.78 is 16.7. The first-order valence-electron chi connectivity index (χ1n) is 33.9. The average molecular weight is 1130 g/mol. The van der Waals surface area contributed by atoms with Crippen molar-refractivity contribution in [2.45, 2.75) is 358 Å². The van der Waals surface area contributed by atoms with Crippen LogP contribution < -0.4 is 5.32 Å². The highest BCUT2D eigenvalue weighted by Crippen LogP contribution is 2.23. The molecule has 1 aliphatic heterocycles. The zero-order chi connectivity index (χ0) is 58.0. The molecular weight excluding hydrogens is 1000 g/mol. The predicted molar refractivity (Wildman–Crippen MR) is 334 cm³/mol. The van der Waals surface area contributed by atoms with Gasteiger partial charge in [0.1, 0.15) is 24.4 Å². The van der Waals surface area contributed by atoms with Gasteiger partial charge in [0.05, 0.1) is 32.0 Å². The third-order valence-corrected chi connectivity index (χ3v) is 15.9. The van der Waals surface area contributed by atoms with E-state index in [0.717, 1.165) is 70.6 Å². The standard InChI is InChI=1S/C69H127NO10/c1-3-5-7-9-11-13-15-32-35-39-43-47-51-55-62(72)61(60-79-69-68(77)67(76)66(75)63(59-71)80-69)70-64(73)56-52-48-44-40-36-33-30-28-26-24-22-20-18-17-19-21-23-25-27-29-31-34-38-42-46-50-54-58-78-65(74)57-53-49-45-41-37-16-14-12-10-8-6-4-2/h12,14,17-18,21,23,51,55,61-63,66-69,71-72,75-77H,3-11,13,15-16,19-20,22,24-50,52-54,56-60H2,1-2H3,(H,70,73)/b14-12-,18-17-,23-21-,55-51+. The molecule has 80 heavy (non-hydrogen) atoms. The van der Waals surface area contributed by atoms with E-state index < -0.39 is 49.5 Å². The smallest absolute Gasteiger partial charge is 0.305 e. The Labute approximate surface area is 491 Å². The molecule has 1 amide bonds. The van der Waals surface area contributed by atoms with Gasteiger partial charge in [-0.25, -0.2) is 0 Å². The Hall–Kier alpha value is -2.38. The van der Waals surface area contributed by atoms with E-state index in [2.05, 4.69) is 55.6 Å². The SMILES string of the molecule is CCCCC/C=C\CCCCCCCC(=O)OCCCCCCCCCCC/C=C\C/C=C\CCCCCCCCCCCCCC(=O)NC(COC1OC(CO)C(O)C(O)C1O)C(O)/C=C/CCCCCCCCCCCCC. The second-order valence-electron chi connectivity index (χ2n) is 23.5. The molecule has 0 aromatic heterocycles. The van der Waals surface area contributed by atoms with E-state index in [1.165, 1.54) is 218 Å². The van der Waals surface area contributed by atoms with Crippen LogP contribution in [0, 0.1) is 0 Å². The van der Waals surface area contributed by atoms with Crippen molar-refractivity contribution in [1.29, 1.82) is 0 Å². The minimum absolute atomic E-state index is 0.00921. The van der Waals surface area contributed by atoms with Gasteiger partial charge in [0.2, 0.25) is 5.91 Å². The Balaban J connectivity index is 2.02. The largest absolute Gasteiger partial charge is 0.466 e. The molecule has 7 unspecified atom stereocenters. The molecular formula is C69H127NO10. The van der Waals surface area contributed by atoms with Gasteiger partial charge in [-0.05, 0) is 89.9 Å². The van der Waals surface area contributed by atoms with Crippen molar-refractivity contribution in [3.05, 3.63) is 48.6 Å². The summed E-state index contributed by atoms with van der Waals surface area (Å²) in [7, 11) is 0. The van der Waals surface area contributed by atoms with E-state index in [1.54, 1.807) is 6.08 Å². The number of amides is 1. The molecule has 1 rings (SSSR count). The van der Waals surface area contributed by atoms with E-state index in [9.17, 15) is 35.1 Å². The van der Waals surface area contributed by atoms with Crippen LogP contribution in [0.25, 0.3) is 0 Å². The van der Waals surface area contributed by atoms with E-state index >= 15 is 0 Å². The lowest BCUT2D eigenvalue weighted by Crippen LogP contribution is -2.60. The maximum absolute atomic E-state index is 13.1. The first-order chi connectivity index (χ1) is 39.2. The maximum atomic E-state index is 13.1. The van der Waals surface area contributed by atoms with Gasteiger partial charge in [0.15, 0.2) is 6.29 Å². The van der Waals surface area contributed by atoms with E-state index in [4.69, 9.17) is 14.2 Å². The van der Waals surface area contributed by atoms with Crippen molar-refractivity contribution < 1.29 is 49.3 Å². The van der Waals surface area contributed by atoms with Crippen molar-refractivity contribution in [2.24, 2.45) is 0 Å². The number of ether oxygens (including phenoxy) is 3. The second kappa shape index (κ2) is 58.4. The van der Waals surface area contributed by atoms with E-state index in [1.807, 2.05) is 6.08 Å². The van der Waals surface area contributed by atoms with Crippen LogP contribution in [0.4, 0.5) is 0 Å². The van der Waals surface area contributed by atoms with Gasteiger partial charge < -0.3 is 45.1 Å². The van der Waals surface area contributed by atoms with Gasteiger partial charge in [-0.15, -0.1) is 0 Å². The van der Waals surface area contributed by atoms with Crippen LogP contribution in [0.2, 0.25) is 0 Å². The molecule has 468 valence electrons. The molecule has 11 heteroatoms. The predicted octanol–water partition coefficient (Wildman–Crippen LogP) is 16.8. The van der Waals surface area contributed by atoms with Crippen LogP contribution in [0.15, 0.2) is 48.6 Å². The second-order valence-corrected chi connectivity index (χ2v) is 23.5. The summed E-state index contributed by atoms with van der Waals surface area (Å²) in [6.07, 6.45) is 65.1. The summed E-state index contributed by atoms with van der Waals surface area (Å²) >= 11 is 0. The highest BCUT2D eigenvalue weighted by molar-refractivity contribution is 5.76. The molecule has 1 heterocycles. The number of hydrogen-bond donors (Lipinski definition) is 6. The quantitative estimate of drug-likeness (QED) is 0.0195. The van der Waals surface area contributed by atoms with Crippen molar-refractivity contribution in [2.75, 3.05) is 19.8 Å². The molecule has 0 aliphatic carbocycles. The summed E-state index contributed by atoms with van der Waals surface area (Å²) in [5, 5.41) is 54.5. The molecule has 0 aromatic carbocycles. The number of hydrogen-bond acceptors (Lipinski definition) is 10. The minimum atomic E-state index is -1.57. The molecule has 0 bridgehead atoms. The molecule has 0 saturated carbocycles. The maximum Gasteiger partial charge on any atom is 0.305 e. The lowest BCUT2D eigenvalue weighted by Gasteiger charge is -2.40. The van der Waals surface area contributed by atoms with E-state index in [-0.39, 0.29) is 18.5 Å². The summed E-state index contributed by atoms with van der Waals surface area (Å²) in [5.74, 6) is -0.193. The number of carbonyl (C=O) groups excluding carboxylic acids is 2. The monoisotopic (exact) mass is 1130 g/mol. The molecule has 0 spiro atoms. The lowest BCUT2D eigenvalue weighted by molar-refractivity contribution is -0.302. The van der Waals surface area contributed by atoms with Gasteiger partial charge in [0, 0.05) is 12.8 Å². The zero-order valence-corrected chi connectivity index (χ0v) is 51.8. The van der Waals surface area contributed by atoms with Crippen LogP contribution in [0.1, 0.15) is 316 Å². The third-order valence-electron chi connectivity index (χ3n) is 15.9.